The average molecular weight is 283 g/mol. The zero-order valence-electron chi connectivity index (χ0n) is 11.6. The van der Waals surface area contributed by atoms with E-state index in [1.165, 1.54) is 0 Å². The highest BCUT2D eigenvalue weighted by atomic mass is 32.2. The molecule has 1 saturated heterocycles. The first-order chi connectivity index (χ1) is 8.96. The van der Waals surface area contributed by atoms with Crippen LogP contribution in [0.3, 0.4) is 0 Å². The van der Waals surface area contributed by atoms with Crippen molar-refractivity contribution >= 4 is 9.84 Å². The molecule has 1 fully saturated rings. The maximum Gasteiger partial charge on any atom is 0.150 e. The highest BCUT2D eigenvalue weighted by Gasteiger charge is 2.34. The third-order valence-corrected chi connectivity index (χ3v) is 5.66. The molecule has 106 valence electrons. The summed E-state index contributed by atoms with van der Waals surface area (Å²) in [5.41, 5.74) is 2.29. The van der Waals surface area contributed by atoms with Gasteiger partial charge in [0.2, 0.25) is 0 Å². The highest BCUT2D eigenvalue weighted by Crippen LogP contribution is 2.33. The van der Waals surface area contributed by atoms with E-state index < -0.39 is 9.84 Å². The summed E-state index contributed by atoms with van der Waals surface area (Å²) >= 11 is 0. The van der Waals surface area contributed by atoms with Gasteiger partial charge in [-0.3, -0.25) is 0 Å². The minimum absolute atomic E-state index is 0.0863. The van der Waals surface area contributed by atoms with Crippen LogP contribution in [-0.4, -0.2) is 34.1 Å². The number of sulfone groups is 1. The van der Waals surface area contributed by atoms with Crippen molar-refractivity contribution in [1.82, 2.24) is 5.32 Å². The molecule has 4 nitrogen and oxygen atoms in total. The monoisotopic (exact) mass is 283 g/mol. The third kappa shape index (κ3) is 3.09. The van der Waals surface area contributed by atoms with Crippen molar-refractivity contribution in [2.75, 3.05) is 25.7 Å². The second-order valence-corrected chi connectivity index (χ2v) is 7.38. The molecule has 1 aliphatic rings. The van der Waals surface area contributed by atoms with Crippen LogP contribution in [0, 0.1) is 12.8 Å². The molecule has 0 saturated carbocycles. The summed E-state index contributed by atoms with van der Waals surface area (Å²) in [6.07, 6.45) is 0.735. The topological polar surface area (TPSA) is 55.4 Å². The van der Waals surface area contributed by atoms with Gasteiger partial charge in [-0.05, 0) is 49.6 Å². The van der Waals surface area contributed by atoms with Crippen LogP contribution >= 0.6 is 0 Å². The van der Waals surface area contributed by atoms with Crippen molar-refractivity contribution in [2.45, 2.75) is 19.4 Å². The van der Waals surface area contributed by atoms with Crippen LogP contribution in [0.5, 0.6) is 5.75 Å². The van der Waals surface area contributed by atoms with E-state index in [1.807, 2.05) is 32.2 Å². The Bertz CT molecular complexity index is 554. The van der Waals surface area contributed by atoms with Crippen molar-refractivity contribution in [3.8, 4) is 5.75 Å². The first kappa shape index (κ1) is 14.3. The minimum Gasteiger partial charge on any atom is -0.497 e. The molecule has 2 rings (SSSR count). The van der Waals surface area contributed by atoms with E-state index in [0.717, 1.165) is 23.3 Å². The van der Waals surface area contributed by atoms with Gasteiger partial charge in [-0.15, -0.1) is 0 Å². The molecule has 0 aromatic heterocycles. The van der Waals surface area contributed by atoms with Crippen molar-refractivity contribution in [3.63, 3.8) is 0 Å². The number of rotatable bonds is 4. The number of methoxy groups -OCH3 is 1. The van der Waals surface area contributed by atoms with E-state index in [1.54, 1.807) is 7.11 Å². The summed E-state index contributed by atoms with van der Waals surface area (Å²) in [6.45, 7) is 2.03. The molecule has 2 unspecified atom stereocenters. The number of aryl methyl sites for hydroxylation is 1. The fourth-order valence-electron chi connectivity index (χ4n) is 2.86. The zero-order chi connectivity index (χ0) is 14.0. The Morgan fingerprint density at radius 2 is 2.16 bits per heavy atom. The van der Waals surface area contributed by atoms with E-state index in [2.05, 4.69) is 5.32 Å². The Balaban J connectivity index is 2.27. The van der Waals surface area contributed by atoms with E-state index in [4.69, 9.17) is 4.74 Å². The molecule has 19 heavy (non-hydrogen) atoms. The van der Waals surface area contributed by atoms with Gasteiger partial charge >= 0.3 is 0 Å². The number of ether oxygens (including phenoxy) is 1. The quantitative estimate of drug-likeness (QED) is 0.914. The predicted molar refractivity (Wildman–Crippen MR) is 76.3 cm³/mol. The molecule has 1 heterocycles. The van der Waals surface area contributed by atoms with Gasteiger partial charge in [-0.1, -0.05) is 6.07 Å². The van der Waals surface area contributed by atoms with Gasteiger partial charge < -0.3 is 10.1 Å². The zero-order valence-corrected chi connectivity index (χ0v) is 12.5. The summed E-state index contributed by atoms with van der Waals surface area (Å²) in [5.74, 6) is 1.58. The van der Waals surface area contributed by atoms with Crippen LogP contribution in [0.1, 0.15) is 23.6 Å². The molecule has 0 amide bonds. The van der Waals surface area contributed by atoms with E-state index >= 15 is 0 Å². The van der Waals surface area contributed by atoms with Gasteiger partial charge in [0.1, 0.15) is 5.75 Å². The molecule has 1 N–H and O–H groups in total. The van der Waals surface area contributed by atoms with Crippen LogP contribution in [-0.2, 0) is 9.84 Å². The Morgan fingerprint density at radius 3 is 2.63 bits per heavy atom. The molecule has 1 aliphatic heterocycles. The average Bonchev–Trinajstić information content (AvgIpc) is 2.72. The third-order valence-electron chi connectivity index (χ3n) is 3.86. The van der Waals surface area contributed by atoms with Crippen LogP contribution in [0.25, 0.3) is 0 Å². The Morgan fingerprint density at radius 1 is 1.42 bits per heavy atom. The summed E-state index contributed by atoms with van der Waals surface area (Å²) in [7, 11) is 0.686. The molecule has 1 aromatic carbocycles. The molecule has 2 atom stereocenters. The van der Waals surface area contributed by atoms with Gasteiger partial charge in [0, 0.05) is 6.04 Å². The lowest BCUT2D eigenvalue weighted by atomic mass is 9.90. The molecule has 0 radical (unpaired) electrons. The van der Waals surface area contributed by atoms with Crippen LogP contribution in [0.15, 0.2) is 18.2 Å². The van der Waals surface area contributed by atoms with Gasteiger partial charge in [0.05, 0.1) is 18.6 Å². The Labute approximate surface area is 115 Å². The Hall–Kier alpha value is -1.07. The van der Waals surface area contributed by atoms with Crippen LogP contribution < -0.4 is 10.1 Å². The molecule has 1 aromatic rings. The fraction of sp³-hybridized carbons (Fsp3) is 0.571. The molecule has 5 heteroatoms. The largest absolute Gasteiger partial charge is 0.497 e. The molecule has 0 spiro atoms. The first-order valence-electron chi connectivity index (χ1n) is 6.49. The number of hydrogen-bond donors (Lipinski definition) is 1. The maximum atomic E-state index is 11.6. The lowest BCUT2D eigenvalue weighted by Crippen LogP contribution is -2.26. The molecular formula is C14H21NO3S. The summed E-state index contributed by atoms with van der Waals surface area (Å²) in [6, 6.07) is 6.03. The van der Waals surface area contributed by atoms with Crippen LogP contribution in [0.2, 0.25) is 0 Å². The second-order valence-electron chi connectivity index (χ2n) is 5.15. The maximum absolute atomic E-state index is 11.6. The fourth-order valence-corrected chi connectivity index (χ4v) is 4.70. The second kappa shape index (κ2) is 5.51. The van der Waals surface area contributed by atoms with Crippen molar-refractivity contribution in [2.24, 2.45) is 5.92 Å². The molecule has 0 bridgehead atoms. The lowest BCUT2D eigenvalue weighted by molar-refractivity contribution is 0.407. The highest BCUT2D eigenvalue weighted by molar-refractivity contribution is 7.91. The standard InChI is InChI=1S/C14H21NO3S/c1-10-8-12(18-3)4-5-13(10)14(15-2)11-6-7-19(16,17)9-11/h4-5,8,11,14-15H,6-7,9H2,1-3H3. The van der Waals surface area contributed by atoms with Gasteiger partial charge in [0.25, 0.3) is 0 Å². The number of hydrogen-bond acceptors (Lipinski definition) is 4. The summed E-state index contributed by atoms with van der Waals surface area (Å²) in [5, 5.41) is 3.27. The first-order valence-corrected chi connectivity index (χ1v) is 8.31. The van der Waals surface area contributed by atoms with E-state index in [0.29, 0.717) is 5.75 Å². The summed E-state index contributed by atoms with van der Waals surface area (Å²) < 4.78 is 28.5. The van der Waals surface area contributed by atoms with Crippen molar-refractivity contribution < 1.29 is 13.2 Å². The van der Waals surface area contributed by atoms with Crippen LogP contribution in [0.4, 0.5) is 0 Å². The molecular weight excluding hydrogens is 262 g/mol. The number of nitrogens with one attached hydrogen (secondary N) is 1. The Kier molecular flexibility index (Phi) is 4.16. The van der Waals surface area contributed by atoms with Crippen molar-refractivity contribution in [3.05, 3.63) is 29.3 Å². The lowest BCUT2D eigenvalue weighted by Gasteiger charge is -2.24. The van der Waals surface area contributed by atoms with E-state index in [-0.39, 0.29) is 17.7 Å². The van der Waals surface area contributed by atoms with Gasteiger partial charge in [0.15, 0.2) is 9.84 Å². The van der Waals surface area contributed by atoms with Gasteiger partial charge in [-0.2, -0.15) is 0 Å². The van der Waals surface area contributed by atoms with E-state index in [9.17, 15) is 8.42 Å². The SMILES string of the molecule is CNC(c1ccc(OC)cc1C)C1CCS(=O)(=O)C1. The smallest absolute Gasteiger partial charge is 0.150 e. The minimum atomic E-state index is -2.85. The number of benzene rings is 1. The normalized spacial score (nSPS) is 23.2. The predicted octanol–water partition coefficient (Wildman–Crippen LogP) is 1.70. The molecule has 0 aliphatic carbocycles. The van der Waals surface area contributed by atoms with Crippen molar-refractivity contribution in [1.29, 1.82) is 0 Å². The summed E-state index contributed by atoms with van der Waals surface area (Å²) in [4.78, 5) is 0. The van der Waals surface area contributed by atoms with Gasteiger partial charge in [-0.25, -0.2) is 8.42 Å².